The molecule has 1 rings (SSSR count). The lowest BCUT2D eigenvalue weighted by molar-refractivity contribution is -0.144. The topological polar surface area (TPSA) is 134 Å². The van der Waals surface area contributed by atoms with E-state index in [0.717, 1.165) is 31.2 Å². The number of ether oxygens (including phenoxy) is 2. The van der Waals surface area contributed by atoms with E-state index in [2.05, 4.69) is 24.1 Å². The van der Waals surface area contributed by atoms with Crippen LogP contribution in [0.2, 0.25) is 0 Å². The van der Waals surface area contributed by atoms with Gasteiger partial charge in [-0.25, -0.2) is 4.79 Å². The number of unbranched alkanes of at least 4 members (excludes halogenated alkanes) is 4. The molecule has 3 amide bonds. The third-order valence-corrected chi connectivity index (χ3v) is 5.91. The van der Waals surface area contributed by atoms with Gasteiger partial charge in [0.25, 0.3) is 0 Å². The monoisotopic (exact) mass is 561 g/mol. The summed E-state index contributed by atoms with van der Waals surface area (Å²) >= 11 is 0. The van der Waals surface area contributed by atoms with Gasteiger partial charge in [0.15, 0.2) is 0 Å². The predicted octanol–water partition coefficient (Wildman–Crippen LogP) is 4.12. The van der Waals surface area contributed by atoms with Crippen LogP contribution in [0.15, 0.2) is 30.8 Å². The fourth-order valence-electron chi connectivity index (χ4n) is 4.03. The van der Waals surface area contributed by atoms with E-state index in [0.29, 0.717) is 12.0 Å². The highest BCUT2D eigenvalue weighted by Crippen LogP contribution is 2.25. The van der Waals surface area contributed by atoms with Crippen molar-refractivity contribution < 1.29 is 33.8 Å². The Bertz CT molecular complexity index is 974. The second-order valence-corrected chi connectivity index (χ2v) is 10.5. The van der Waals surface area contributed by atoms with E-state index in [1.165, 1.54) is 4.90 Å². The highest BCUT2D eigenvalue weighted by molar-refractivity contribution is 5.92. The normalized spacial score (nSPS) is 12.6. The SMILES string of the molecule is C=Cc1cccc(C(C(=O)NCCC(=O)OCC)N(CCCCCCC)C(=O)C(CO)NC(=O)OC(C)(C)C)c1. The van der Waals surface area contributed by atoms with Gasteiger partial charge in [0.05, 0.1) is 19.6 Å². The summed E-state index contributed by atoms with van der Waals surface area (Å²) in [6, 6.07) is 4.66. The van der Waals surface area contributed by atoms with Crippen LogP contribution in [-0.4, -0.2) is 71.8 Å². The quantitative estimate of drug-likeness (QED) is 0.192. The zero-order valence-electron chi connectivity index (χ0n) is 24.7. The molecule has 0 aliphatic carbocycles. The first-order valence-electron chi connectivity index (χ1n) is 14.0. The van der Waals surface area contributed by atoms with E-state index in [9.17, 15) is 24.3 Å². The van der Waals surface area contributed by atoms with Gasteiger partial charge in [0.2, 0.25) is 11.8 Å². The Hall–Kier alpha value is -3.40. The van der Waals surface area contributed by atoms with Gasteiger partial charge < -0.3 is 30.1 Å². The number of benzene rings is 1. The van der Waals surface area contributed by atoms with Crippen LogP contribution in [0, 0.1) is 0 Å². The summed E-state index contributed by atoms with van der Waals surface area (Å²) in [5, 5.41) is 15.3. The van der Waals surface area contributed by atoms with Crippen molar-refractivity contribution >= 4 is 30.0 Å². The Balaban J connectivity index is 3.38. The van der Waals surface area contributed by atoms with E-state index in [1.54, 1.807) is 52.0 Å². The molecule has 0 saturated heterocycles. The number of aliphatic hydroxyl groups excluding tert-OH is 1. The zero-order valence-corrected chi connectivity index (χ0v) is 24.7. The van der Waals surface area contributed by atoms with Crippen molar-refractivity contribution in [2.24, 2.45) is 0 Å². The lowest BCUT2D eigenvalue weighted by Gasteiger charge is -2.34. The Morgan fingerprint density at radius 1 is 1.10 bits per heavy atom. The average Bonchev–Trinajstić information content (AvgIpc) is 2.89. The summed E-state index contributed by atoms with van der Waals surface area (Å²) in [4.78, 5) is 53.1. The number of carbonyl (C=O) groups is 4. The third-order valence-electron chi connectivity index (χ3n) is 5.91. The molecular weight excluding hydrogens is 514 g/mol. The molecule has 40 heavy (non-hydrogen) atoms. The van der Waals surface area contributed by atoms with Crippen molar-refractivity contribution in [3.05, 3.63) is 42.0 Å². The van der Waals surface area contributed by atoms with Gasteiger partial charge in [0, 0.05) is 13.1 Å². The molecule has 10 nitrogen and oxygen atoms in total. The molecule has 10 heteroatoms. The second-order valence-electron chi connectivity index (χ2n) is 10.5. The van der Waals surface area contributed by atoms with E-state index in [4.69, 9.17) is 9.47 Å². The molecule has 2 atom stereocenters. The minimum atomic E-state index is -1.33. The first kappa shape index (κ1) is 34.6. The number of alkyl carbamates (subject to hydrolysis) is 1. The first-order valence-corrected chi connectivity index (χ1v) is 14.0. The third kappa shape index (κ3) is 12.6. The van der Waals surface area contributed by atoms with Crippen LogP contribution >= 0.6 is 0 Å². The number of rotatable bonds is 17. The van der Waals surface area contributed by atoms with Crippen molar-refractivity contribution in [3.63, 3.8) is 0 Å². The van der Waals surface area contributed by atoms with E-state index >= 15 is 0 Å². The van der Waals surface area contributed by atoms with Crippen LogP contribution in [0.5, 0.6) is 0 Å². The van der Waals surface area contributed by atoms with Crippen LogP contribution in [0.4, 0.5) is 4.79 Å². The molecule has 2 unspecified atom stereocenters. The van der Waals surface area contributed by atoms with Gasteiger partial charge in [-0.2, -0.15) is 0 Å². The molecule has 0 bridgehead atoms. The Morgan fingerprint density at radius 3 is 2.40 bits per heavy atom. The Labute approximate surface area is 238 Å². The van der Waals surface area contributed by atoms with Crippen molar-refractivity contribution in [2.45, 2.75) is 90.8 Å². The van der Waals surface area contributed by atoms with Gasteiger partial charge in [-0.1, -0.05) is 63.5 Å². The predicted molar refractivity (Wildman–Crippen MR) is 154 cm³/mol. The van der Waals surface area contributed by atoms with Crippen LogP contribution in [0.3, 0.4) is 0 Å². The maximum Gasteiger partial charge on any atom is 0.408 e. The van der Waals surface area contributed by atoms with Crippen LogP contribution in [-0.2, 0) is 23.9 Å². The number of amides is 3. The number of esters is 1. The molecule has 224 valence electrons. The molecule has 1 aromatic carbocycles. The molecule has 3 N–H and O–H groups in total. The van der Waals surface area contributed by atoms with Crippen LogP contribution < -0.4 is 10.6 Å². The molecule has 0 aromatic heterocycles. The summed E-state index contributed by atoms with van der Waals surface area (Å²) in [5.41, 5.74) is 0.475. The molecule has 0 spiro atoms. The lowest BCUT2D eigenvalue weighted by Crippen LogP contribution is -2.54. The number of carbonyl (C=O) groups excluding carboxylic acids is 4. The molecule has 1 aromatic rings. The fourth-order valence-corrected chi connectivity index (χ4v) is 4.03. The zero-order chi connectivity index (χ0) is 30.1. The molecule has 0 heterocycles. The largest absolute Gasteiger partial charge is 0.466 e. The number of aliphatic hydroxyl groups is 1. The summed E-state index contributed by atoms with van der Waals surface area (Å²) in [7, 11) is 0. The summed E-state index contributed by atoms with van der Waals surface area (Å²) in [6.07, 6.45) is 5.28. The van der Waals surface area contributed by atoms with E-state index in [1.807, 2.05) is 6.07 Å². The molecule has 0 aliphatic rings. The van der Waals surface area contributed by atoms with Gasteiger partial charge in [-0.15, -0.1) is 0 Å². The molecule has 0 radical (unpaired) electrons. The minimum absolute atomic E-state index is 0.0213. The molecular formula is C30H47N3O7. The van der Waals surface area contributed by atoms with Gasteiger partial charge in [0.1, 0.15) is 17.7 Å². The average molecular weight is 562 g/mol. The van der Waals surface area contributed by atoms with E-state index < -0.39 is 48.2 Å². The maximum absolute atomic E-state index is 13.9. The lowest BCUT2D eigenvalue weighted by atomic mass is 9.99. The minimum Gasteiger partial charge on any atom is -0.466 e. The number of nitrogens with zero attached hydrogens (tertiary/aromatic N) is 1. The van der Waals surface area contributed by atoms with Gasteiger partial charge in [-0.3, -0.25) is 14.4 Å². The van der Waals surface area contributed by atoms with Crippen molar-refractivity contribution in [1.29, 1.82) is 0 Å². The number of nitrogens with one attached hydrogen (secondary N) is 2. The van der Waals surface area contributed by atoms with Crippen LogP contribution in [0.25, 0.3) is 6.08 Å². The molecule has 0 fully saturated rings. The first-order chi connectivity index (χ1) is 19.0. The summed E-state index contributed by atoms with van der Waals surface area (Å²) in [5.74, 6) is -1.57. The summed E-state index contributed by atoms with van der Waals surface area (Å²) < 4.78 is 10.2. The second kappa shape index (κ2) is 18.0. The Kier molecular flexibility index (Phi) is 15.6. The molecule has 0 saturated carbocycles. The van der Waals surface area contributed by atoms with Gasteiger partial charge >= 0.3 is 12.1 Å². The van der Waals surface area contributed by atoms with Crippen molar-refractivity contribution in [1.82, 2.24) is 15.5 Å². The van der Waals surface area contributed by atoms with Crippen molar-refractivity contribution in [2.75, 3.05) is 26.3 Å². The highest BCUT2D eigenvalue weighted by atomic mass is 16.6. The highest BCUT2D eigenvalue weighted by Gasteiger charge is 2.36. The standard InChI is InChI=1S/C30H47N3O7/c1-7-10-11-12-13-19-33(28(37)24(21-34)32-29(38)40-30(4,5)6)26(23-16-14-15-22(8-2)20-23)27(36)31-18-17-25(35)39-9-3/h8,14-16,20,24,26,34H,2,7,9-13,17-19,21H2,1,3-6H3,(H,31,36)(H,32,38). The Morgan fingerprint density at radius 2 is 1.80 bits per heavy atom. The smallest absolute Gasteiger partial charge is 0.408 e. The summed E-state index contributed by atoms with van der Waals surface area (Å²) in [6.45, 7) is 12.4. The van der Waals surface area contributed by atoms with Gasteiger partial charge in [-0.05, 0) is 51.3 Å². The van der Waals surface area contributed by atoms with Crippen molar-refractivity contribution in [3.8, 4) is 0 Å². The maximum atomic E-state index is 13.9. The molecule has 0 aliphatic heterocycles. The van der Waals surface area contributed by atoms with Crippen LogP contribution in [0.1, 0.15) is 90.3 Å². The number of hydrogen-bond donors (Lipinski definition) is 3. The van der Waals surface area contributed by atoms with E-state index in [-0.39, 0.29) is 26.1 Å². The number of hydrogen-bond acceptors (Lipinski definition) is 7. The fraction of sp³-hybridized carbons (Fsp3) is 0.600.